The van der Waals surface area contributed by atoms with Crippen molar-refractivity contribution in [2.24, 2.45) is 0 Å². The molecule has 0 aliphatic heterocycles. The fourth-order valence-electron chi connectivity index (χ4n) is 9.58. The van der Waals surface area contributed by atoms with Crippen LogP contribution in [-0.2, 0) is 32.7 Å². The summed E-state index contributed by atoms with van der Waals surface area (Å²) in [7, 11) is 1.15. The third-order valence-corrected chi connectivity index (χ3v) is 16.0. The Balaban J connectivity index is 4.08. The van der Waals surface area contributed by atoms with Crippen molar-refractivity contribution in [2.75, 3.05) is 47.5 Å². The lowest BCUT2D eigenvalue weighted by Crippen LogP contribution is -2.37. The van der Waals surface area contributed by atoms with E-state index in [1.165, 1.54) is 122 Å². The summed E-state index contributed by atoms with van der Waals surface area (Å²) in [5.41, 5.74) is 0. The summed E-state index contributed by atoms with van der Waals surface area (Å²) in [6.07, 6.45) is 103. The van der Waals surface area contributed by atoms with Crippen molar-refractivity contribution in [3.05, 3.63) is 158 Å². The van der Waals surface area contributed by atoms with Gasteiger partial charge >= 0.3 is 11.9 Å². The van der Waals surface area contributed by atoms with E-state index in [0.717, 1.165) is 128 Å². The SMILES string of the molecule is CC/C=C\C/C=C\C/C=C\C/C=C\C/C=C\C/C=C\C/C=C\CCCCCCCCCCCCCCCC(=O)OC(COC(=O)CCCCCCCCCCCCCC/C=C\C/C=C\C/C=C\C/C=C\C/C=C\C/C=C\CC)COP(=O)([O-])OCC[N+](C)(C)C. The molecule has 10 heteroatoms. The van der Waals surface area contributed by atoms with E-state index in [2.05, 4.69) is 172 Å². The van der Waals surface area contributed by atoms with Crippen LogP contribution >= 0.6 is 7.82 Å². The number of carbonyl (C=O) groups excluding carboxylic acids is 2. The van der Waals surface area contributed by atoms with E-state index in [1.54, 1.807) is 0 Å². The van der Waals surface area contributed by atoms with Crippen LogP contribution in [0.3, 0.4) is 0 Å². The molecule has 9 nitrogen and oxygen atoms in total. The van der Waals surface area contributed by atoms with Gasteiger partial charge in [-0.2, -0.15) is 0 Å². The standard InChI is InChI=1S/C80H134NO8P/c1-6-8-10-12-14-16-18-20-22-24-26-28-30-32-34-36-38-39-40-41-43-45-47-49-51-53-55-57-59-61-63-65-67-69-71-73-80(83)89-78(77-88-90(84,85)87-75-74-81(3,4)5)76-86-79(82)72-70-68-66-64-62-60-58-56-54-52-50-48-46-44-42-37-35-33-31-29-27-25-23-21-19-17-15-13-11-9-7-2/h8-11,14-17,20-23,26-29,32-35,38-39,41-44,78H,6-7,12-13,18-19,24-25,30-31,36-37,40,45-77H2,1-5H3/b10-8-,11-9-,16-14-,17-15-,22-20-,23-21-,28-26-,29-27-,34-32-,35-33-,39-38-,43-41-,44-42-. The van der Waals surface area contributed by atoms with Crippen molar-refractivity contribution < 1.29 is 42.1 Å². The monoisotopic (exact) mass is 1270 g/mol. The summed E-state index contributed by atoms with van der Waals surface area (Å²) < 4.78 is 34.3. The van der Waals surface area contributed by atoms with Gasteiger partial charge in [0.1, 0.15) is 19.8 Å². The lowest BCUT2D eigenvalue weighted by Gasteiger charge is -2.28. The first-order valence-corrected chi connectivity index (χ1v) is 37.7. The molecule has 0 heterocycles. The Bertz CT molecular complexity index is 2080. The number of likely N-dealkylation sites (N-methyl/N-ethyl adjacent to an activating group) is 1. The van der Waals surface area contributed by atoms with Crippen molar-refractivity contribution in [1.82, 2.24) is 0 Å². The molecule has 0 aliphatic rings. The van der Waals surface area contributed by atoms with Gasteiger partial charge in [0.05, 0.1) is 27.7 Å². The average Bonchev–Trinajstić information content (AvgIpc) is 3.61. The van der Waals surface area contributed by atoms with Gasteiger partial charge < -0.3 is 27.9 Å². The van der Waals surface area contributed by atoms with Crippen LogP contribution in [0.25, 0.3) is 0 Å². The van der Waals surface area contributed by atoms with Gasteiger partial charge in [0.15, 0.2) is 6.10 Å². The zero-order valence-electron chi connectivity index (χ0n) is 58.3. The molecule has 0 spiro atoms. The predicted octanol–water partition coefficient (Wildman–Crippen LogP) is 23.3. The van der Waals surface area contributed by atoms with E-state index >= 15 is 0 Å². The van der Waals surface area contributed by atoms with Crippen LogP contribution in [0, 0.1) is 0 Å². The van der Waals surface area contributed by atoms with Gasteiger partial charge in [-0.3, -0.25) is 14.2 Å². The molecule has 0 amide bonds. The second-order valence-electron chi connectivity index (χ2n) is 24.8. The molecule has 0 bridgehead atoms. The highest BCUT2D eigenvalue weighted by molar-refractivity contribution is 7.45. The summed E-state index contributed by atoms with van der Waals surface area (Å²) >= 11 is 0. The van der Waals surface area contributed by atoms with E-state index in [4.69, 9.17) is 18.5 Å². The van der Waals surface area contributed by atoms with Crippen LogP contribution in [0.4, 0.5) is 0 Å². The van der Waals surface area contributed by atoms with Crippen molar-refractivity contribution in [2.45, 2.75) is 290 Å². The summed E-state index contributed by atoms with van der Waals surface area (Å²) in [6.45, 7) is 4.01. The molecule has 0 aromatic heterocycles. The number of unbranched alkanes of at least 4 members (excludes halogenated alkanes) is 25. The fourth-order valence-corrected chi connectivity index (χ4v) is 10.3. The Morgan fingerprint density at radius 3 is 0.889 bits per heavy atom. The fraction of sp³-hybridized carbons (Fsp3) is 0.650. The molecule has 512 valence electrons. The molecule has 0 N–H and O–H groups in total. The van der Waals surface area contributed by atoms with Crippen LogP contribution in [-0.4, -0.2) is 70.0 Å². The van der Waals surface area contributed by atoms with Crippen LogP contribution in [0.2, 0.25) is 0 Å². The van der Waals surface area contributed by atoms with E-state index < -0.39 is 26.5 Å². The topological polar surface area (TPSA) is 111 Å². The number of nitrogens with zero attached hydrogens (tertiary/aromatic N) is 1. The molecule has 0 fully saturated rings. The molecular formula is C80H134NO8P. The Morgan fingerprint density at radius 1 is 0.344 bits per heavy atom. The minimum Gasteiger partial charge on any atom is -0.756 e. The van der Waals surface area contributed by atoms with Gasteiger partial charge in [-0.25, -0.2) is 0 Å². The number of esters is 2. The van der Waals surface area contributed by atoms with Gasteiger partial charge in [-0.1, -0.05) is 307 Å². The maximum Gasteiger partial charge on any atom is 0.306 e. The summed E-state index contributed by atoms with van der Waals surface area (Å²) in [5.74, 6) is -0.840. The Hall–Kier alpha value is -4.37. The highest BCUT2D eigenvalue weighted by Gasteiger charge is 2.22. The first-order chi connectivity index (χ1) is 44.0. The molecule has 0 aromatic carbocycles. The lowest BCUT2D eigenvalue weighted by atomic mass is 10.0. The summed E-state index contributed by atoms with van der Waals surface area (Å²) in [4.78, 5) is 38.1. The van der Waals surface area contributed by atoms with E-state index in [9.17, 15) is 19.0 Å². The van der Waals surface area contributed by atoms with Crippen molar-refractivity contribution in [3.63, 3.8) is 0 Å². The largest absolute Gasteiger partial charge is 0.756 e. The first-order valence-electron chi connectivity index (χ1n) is 36.2. The van der Waals surface area contributed by atoms with Gasteiger partial charge in [-0.15, -0.1) is 0 Å². The van der Waals surface area contributed by atoms with Gasteiger partial charge in [0, 0.05) is 12.8 Å². The molecule has 2 atom stereocenters. The predicted molar refractivity (Wildman–Crippen MR) is 387 cm³/mol. The number of hydrogen-bond acceptors (Lipinski definition) is 8. The Morgan fingerprint density at radius 2 is 0.600 bits per heavy atom. The third-order valence-electron chi connectivity index (χ3n) is 15.0. The summed E-state index contributed by atoms with van der Waals surface area (Å²) in [6, 6.07) is 0. The first kappa shape index (κ1) is 85.6. The minimum atomic E-state index is -4.65. The molecular weight excluding hydrogens is 1130 g/mol. The molecule has 90 heavy (non-hydrogen) atoms. The second-order valence-corrected chi connectivity index (χ2v) is 26.2. The molecule has 0 saturated heterocycles. The van der Waals surface area contributed by atoms with Crippen molar-refractivity contribution >= 4 is 19.8 Å². The zero-order valence-corrected chi connectivity index (χ0v) is 59.2. The molecule has 2 unspecified atom stereocenters. The van der Waals surface area contributed by atoms with Crippen LogP contribution in [0.1, 0.15) is 284 Å². The third kappa shape index (κ3) is 72.7. The number of phosphoric acid groups is 1. The molecule has 0 radical (unpaired) electrons. The number of quaternary nitrogens is 1. The maximum absolute atomic E-state index is 12.9. The Labute approximate surface area is 554 Å². The zero-order chi connectivity index (χ0) is 65.5. The van der Waals surface area contributed by atoms with E-state index in [0.29, 0.717) is 17.4 Å². The Kier molecular flexibility index (Phi) is 65.6. The number of allylic oxidation sites excluding steroid dienone is 26. The van der Waals surface area contributed by atoms with Gasteiger partial charge in [0.2, 0.25) is 0 Å². The highest BCUT2D eigenvalue weighted by Crippen LogP contribution is 2.38. The maximum atomic E-state index is 12.9. The highest BCUT2D eigenvalue weighted by atomic mass is 31.2. The number of rotatable bonds is 65. The summed E-state index contributed by atoms with van der Waals surface area (Å²) in [5, 5.41) is 0. The number of phosphoric ester groups is 1. The molecule has 0 aliphatic carbocycles. The second kappa shape index (κ2) is 69.0. The van der Waals surface area contributed by atoms with Crippen LogP contribution in [0.5, 0.6) is 0 Å². The number of carbonyl (C=O) groups is 2. The number of ether oxygens (including phenoxy) is 2. The van der Waals surface area contributed by atoms with Crippen molar-refractivity contribution in [1.29, 1.82) is 0 Å². The van der Waals surface area contributed by atoms with E-state index in [1.807, 2.05) is 21.1 Å². The molecule has 0 saturated carbocycles. The molecule has 0 aromatic rings. The minimum absolute atomic E-state index is 0.0379. The normalized spacial score (nSPS) is 14.1. The quantitative estimate of drug-likeness (QED) is 0.0195. The smallest absolute Gasteiger partial charge is 0.306 e. The van der Waals surface area contributed by atoms with E-state index in [-0.39, 0.29) is 32.0 Å². The molecule has 0 rings (SSSR count). The van der Waals surface area contributed by atoms with Crippen LogP contribution in [0.15, 0.2) is 158 Å². The van der Waals surface area contributed by atoms with Crippen LogP contribution < -0.4 is 4.89 Å². The number of hydrogen-bond donors (Lipinski definition) is 0. The van der Waals surface area contributed by atoms with Crippen molar-refractivity contribution in [3.8, 4) is 0 Å². The van der Waals surface area contributed by atoms with Gasteiger partial charge in [0.25, 0.3) is 7.82 Å². The van der Waals surface area contributed by atoms with Gasteiger partial charge in [-0.05, 0) is 122 Å². The lowest BCUT2D eigenvalue weighted by molar-refractivity contribution is -0.870. The average molecular weight is 1270 g/mol.